The van der Waals surface area contributed by atoms with E-state index < -0.39 is 17.6 Å². The molecule has 4 heteroatoms. The Hall–Kier alpha value is -1.45. The van der Waals surface area contributed by atoms with E-state index in [1.54, 1.807) is 0 Å². The fourth-order valence-electron chi connectivity index (χ4n) is 1.24. The summed E-state index contributed by atoms with van der Waals surface area (Å²) >= 11 is 0. The van der Waals surface area contributed by atoms with E-state index in [-0.39, 0.29) is 23.1 Å². The average Bonchev–Trinajstić information content (AvgIpc) is 2.10. The number of hydrogen-bond acceptors (Lipinski definition) is 1. The van der Waals surface area contributed by atoms with Crippen molar-refractivity contribution in [3.8, 4) is 0 Å². The van der Waals surface area contributed by atoms with Gasteiger partial charge in [0.1, 0.15) is 11.6 Å². The van der Waals surface area contributed by atoms with Crippen LogP contribution >= 0.6 is 0 Å². The maximum Gasteiger partial charge on any atom is 0.307 e. The normalized spacial score (nSPS) is 10.3. The zero-order valence-electron chi connectivity index (χ0n) is 7.90. The van der Waals surface area contributed by atoms with Gasteiger partial charge in [0.25, 0.3) is 0 Å². The summed E-state index contributed by atoms with van der Waals surface area (Å²) in [6, 6.07) is 1.07. The number of carboxylic acid groups (broad SMARTS) is 1. The van der Waals surface area contributed by atoms with E-state index in [0.717, 1.165) is 6.07 Å². The monoisotopic (exact) mass is 200 g/mol. The summed E-state index contributed by atoms with van der Waals surface area (Å²) in [7, 11) is 0. The van der Waals surface area contributed by atoms with Crippen LogP contribution in [0, 0.1) is 25.5 Å². The summed E-state index contributed by atoms with van der Waals surface area (Å²) in [5.74, 6) is -2.47. The molecule has 76 valence electrons. The number of aliphatic carboxylic acids is 1. The van der Waals surface area contributed by atoms with Crippen LogP contribution in [0.25, 0.3) is 0 Å². The van der Waals surface area contributed by atoms with Crippen molar-refractivity contribution in [2.45, 2.75) is 20.3 Å². The molecule has 0 aliphatic rings. The molecule has 0 aliphatic carbocycles. The van der Waals surface area contributed by atoms with Crippen molar-refractivity contribution < 1.29 is 18.7 Å². The van der Waals surface area contributed by atoms with Gasteiger partial charge in [-0.3, -0.25) is 4.79 Å². The molecular formula is C10H10F2O2. The Labute approximate surface area is 80.2 Å². The van der Waals surface area contributed by atoms with Crippen LogP contribution in [0.15, 0.2) is 6.07 Å². The van der Waals surface area contributed by atoms with Gasteiger partial charge < -0.3 is 5.11 Å². The van der Waals surface area contributed by atoms with Crippen LogP contribution in [-0.2, 0) is 11.2 Å². The first kappa shape index (κ1) is 10.6. The first-order valence-corrected chi connectivity index (χ1v) is 4.09. The van der Waals surface area contributed by atoms with Gasteiger partial charge in [0.15, 0.2) is 0 Å². The minimum atomic E-state index is -1.10. The topological polar surface area (TPSA) is 37.3 Å². The highest BCUT2D eigenvalue weighted by molar-refractivity contribution is 5.70. The molecule has 1 rings (SSSR count). The summed E-state index contributed by atoms with van der Waals surface area (Å²) in [6.45, 7) is 2.77. The second kappa shape index (κ2) is 3.74. The molecule has 0 spiro atoms. The van der Waals surface area contributed by atoms with Crippen LogP contribution < -0.4 is 0 Å². The lowest BCUT2D eigenvalue weighted by molar-refractivity contribution is -0.136. The number of hydrogen-bond donors (Lipinski definition) is 1. The van der Waals surface area contributed by atoms with E-state index in [4.69, 9.17) is 5.11 Å². The first-order valence-electron chi connectivity index (χ1n) is 4.09. The van der Waals surface area contributed by atoms with Crippen LogP contribution in [0.2, 0.25) is 0 Å². The summed E-state index contributed by atoms with van der Waals surface area (Å²) in [4.78, 5) is 10.4. The van der Waals surface area contributed by atoms with Gasteiger partial charge in [-0.05, 0) is 31.0 Å². The van der Waals surface area contributed by atoms with Gasteiger partial charge in [-0.1, -0.05) is 0 Å². The van der Waals surface area contributed by atoms with E-state index in [9.17, 15) is 13.6 Å². The van der Waals surface area contributed by atoms with E-state index in [0.29, 0.717) is 0 Å². The molecule has 0 saturated carbocycles. The quantitative estimate of drug-likeness (QED) is 0.794. The molecule has 0 atom stereocenters. The third-order valence-electron chi connectivity index (χ3n) is 2.14. The van der Waals surface area contributed by atoms with Crippen LogP contribution in [0.5, 0.6) is 0 Å². The molecule has 1 aromatic carbocycles. The van der Waals surface area contributed by atoms with Crippen molar-refractivity contribution in [1.29, 1.82) is 0 Å². The van der Waals surface area contributed by atoms with Crippen molar-refractivity contribution in [2.75, 3.05) is 0 Å². The summed E-state index contributed by atoms with van der Waals surface area (Å²) < 4.78 is 26.3. The lowest BCUT2D eigenvalue weighted by Gasteiger charge is -2.07. The number of carbonyl (C=O) groups is 1. The van der Waals surface area contributed by atoms with Gasteiger partial charge >= 0.3 is 5.97 Å². The molecule has 2 nitrogen and oxygen atoms in total. The van der Waals surface area contributed by atoms with Crippen LogP contribution in [0.4, 0.5) is 8.78 Å². The van der Waals surface area contributed by atoms with E-state index in [1.807, 2.05) is 0 Å². The molecule has 0 radical (unpaired) electrons. The van der Waals surface area contributed by atoms with Crippen LogP contribution in [0.3, 0.4) is 0 Å². The Balaban J connectivity index is 3.25. The Morgan fingerprint density at radius 1 is 1.36 bits per heavy atom. The van der Waals surface area contributed by atoms with Crippen LogP contribution in [0.1, 0.15) is 16.7 Å². The maximum absolute atomic E-state index is 13.3. The molecule has 1 N–H and O–H groups in total. The Morgan fingerprint density at radius 3 is 2.43 bits per heavy atom. The summed E-state index contributed by atoms with van der Waals surface area (Å²) in [5.41, 5.74) is 0.307. The Bertz CT molecular complexity index is 386. The van der Waals surface area contributed by atoms with Gasteiger partial charge in [-0.15, -0.1) is 0 Å². The van der Waals surface area contributed by atoms with E-state index in [2.05, 4.69) is 0 Å². The first-order chi connectivity index (χ1) is 6.43. The standard InChI is InChI=1S/C10H10F2O2/c1-5-7(4-9(13)14)3-8(11)6(2)10(5)12/h3H,4H2,1-2H3,(H,13,14). The number of benzene rings is 1. The maximum atomic E-state index is 13.3. The second-order valence-electron chi connectivity index (χ2n) is 3.15. The van der Waals surface area contributed by atoms with Crippen molar-refractivity contribution in [2.24, 2.45) is 0 Å². The van der Waals surface area contributed by atoms with Gasteiger partial charge in [0.05, 0.1) is 6.42 Å². The lowest BCUT2D eigenvalue weighted by atomic mass is 10.0. The van der Waals surface area contributed by atoms with Gasteiger partial charge in [0.2, 0.25) is 0 Å². The predicted octanol–water partition coefficient (Wildman–Crippen LogP) is 2.21. The molecule has 14 heavy (non-hydrogen) atoms. The summed E-state index contributed by atoms with van der Waals surface area (Å²) in [6.07, 6.45) is -0.361. The Kier molecular flexibility index (Phi) is 2.84. The van der Waals surface area contributed by atoms with Crippen molar-refractivity contribution in [3.63, 3.8) is 0 Å². The van der Waals surface area contributed by atoms with Crippen LogP contribution in [-0.4, -0.2) is 11.1 Å². The highest BCUT2D eigenvalue weighted by atomic mass is 19.1. The fourth-order valence-corrected chi connectivity index (χ4v) is 1.24. The minimum absolute atomic E-state index is 0.0726. The number of halogens is 2. The highest BCUT2D eigenvalue weighted by Crippen LogP contribution is 2.20. The summed E-state index contributed by atoms with van der Waals surface area (Å²) in [5, 5.41) is 8.50. The van der Waals surface area contributed by atoms with Crippen molar-refractivity contribution in [3.05, 3.63) is 34.4 Å². The molecule has 0 aromatic heterocycles. The Morgan fingerprint density at radius 2 is 1.93 bits per heavy atom. The molecule has 0 aliphatic heterocycles. The van der Waals surface area contributed by atoms with Crippen molar-refractivity contribution in [1.82, 2.24) is 0 Å². The second-order valence-corrected chi connectivity index (χ2v) is 3.15. The molecule has 0 unspecified atom stereocenters. The van der Waals surface area contributed by atoms with Gasteiger partial charge in [-0.25, -0.2) is 8.78 Å². The minimum Gasteiger partial charge on any atom is -0.481 e. The average molecular weight is 200 g/mol. The van der Waals surface area contributed by atoms with Gasteiger partial charge in [-0.2, -0.15) is 0 Å². The number of carboxylic acids is 1. The molecule has 0 heterocycles. The third-order valence-corrected chi connectivity index (χ3v) is 2.14. The zero-order valence-corrected chi connectivity index (χ0v) is 7.90. The predicted molar refractivity (Wildman–Crippen MR) is 47.2 cm³/mol. The largest absolute Gasteiger partial charge is 0.481 e. The molecule has 0 fully saturated rings. The van der Waals surface area contributed by atoms with Crippen molar-refractivity contribution >= 4 is 5.97 Å². The highest BCUT2D eigenvalue weighted by Gasteiger charge is 2.13. The SMILES string of the molecule is Cc1c(F)cc(CC(=O)O)c(C)c1F. The third kappa shape index (κ3) is 1.89. The fraction of sp³-hybridized carbons (Fsp3) is 0.300. The molecule has 1 aromatic rings. The van der Waals surface area contributed by atoms with E-state index >= 15 is 0 Å². The lowest BCUT2D eigenvalue weighted by Crippen LogP contribution is -2.05. The molecule has 0 amide bonds. The molecule has 0 saturated heterocycles. The molecule has 0 bridgehead atoms. The molecular weight excluding hydrogens is 190 g/mol. The zero-order chi connectivity index (χ0) is 10.9. The smallest absolute Gasteiger partial charge is 0.307 e. The van der Waals surface area contributed by atoms with Gasteiger partial charge in [0, 0.05) is 5.56 Å². The van der Waals surface area contributed by atoms with E-state index in [1.165, 1.54) is 13.8 Å². The number of rotatable bonds is 2.